The molecule has 0 saturated carbocycles. The summed E-state index contributed by atoms with van der Waals surface area (Å²) in [5.74, 6) is -1.19. The number of nitrogens with two attached hydrogens (primary N) is 1. The van der Waals surface area contributed by atoms with E-state index >= 15 is 0 Å². The Kier molecular flexibility index (Phi) is 2.89. The van der Waals surface area contributed by atoms with Gasteiger partial charge in [-0.1, -0.05) is 0 Å². The first-order valence-electron chi connectivity index (χ1n) is 6.14. The molecule has 7 heteroatoms. The third kappa shape index (κ3) is 2.01. The predicted octanol–water partition coefficient (Wildman–Crippen LogP) is 2.35. The number of benzene rings is 1. The van der Waals surface area contributed by atoms with Crippen molar-refractivity contribution < 1.29 is 8.78 Å². The van der Waals surface area contributed by atoms with Crippen LogP contribution >= 0.6 is 0 Å². The first kappa shape index (κ1) is 12.6. The van der Waals surface area contributed by atoms with Gasteiger partial charge >= 0.3 is 0 Å². The average Bonchev–Trinajstić information content (AvgIpc) is 2.96. The third-order valence-corrected chi connectivity index (χ3v) is 3.22. The number of halogens is 2. The van der Waals surface area contributed by atoms with Crippen molar-refractivity contribution in [3.8, 4) is 0 Å². The molecule has 3 rings (SSSR count). The summed E-state index contributed by atoms with van der Waals surface area (Å²) in [6, 6.07) is 1.93. The van der Waals surface area contributed by atoms with Crippen LogP contribution in [-0.4, -0.2) is 19.1 Å². The number of hydrogen-bond acceptors (Lipinski definition) is 3. The van der Waals surface area contributed by atoms with Gasteiger partial charge in [-0.15, -0.1) is 0 Å². The van der Waals surface area contributed by atoms with Gasteiger partial charge in [0, 0.05) is 31.1 Å². The fraction of sp³-hybridized carbons (Fsp3) is 0.231. The zero-order valence-electron chi connectivity index (χ0n) is 10.8. The Labute approximate surface area is 113 Å². The number of anilines is 1. The molecule has 0 radical (unpaired) electrons. The van der Waals surface area contributed by atoms with Gasteiger partial charge in [0.15, 0.2) is 5.82 Å². The summed E-state index contributed by atoms with van der Waals surface area (Å²) < 4.78 is 30.6. The number of rotatable bonds is 3. The summed E-state index contributed by atoms with van der Waals surface area (Å²) in [5.41, 5.74) is 6.28. The van der Waals surface area contributed by atoms with Gasteiger partial charge in [0.1, 0.15) is 11.3 Å². The van der Waals surface area contributed by atoms with E-state index in [2.05, 4.69) is 9.97 Å². The first-order valence-corrected chi connectivity index (χ1v) is 6.14. The molecule has 2 heterocycles. The normalized spacial score (nSPS) is 12.9. The molecule has 2 aromatic heterocycles. The van der Waals surface area contributed by atoms with Crippen molar-refractivity contribution in [3.63, 3.8) is 0 Å². The Bertz CT molecular complexity index is 748. The Morgan fingerprint density at radius 1 is 1.35 bits per heavy atom. The molecular weight excluding hydrogens is 264 g/mol. The van der Waals surface area contributed by atoms with Crippen LogP contribution < -0.4 is 5.73 Å². The maximum absolute atomic E-state index is 13.7. The van der Waals surface area contributed by atoms with E-state index in [1.807, 2.05) is 17.7 Å². The van der Waals surface area contributed by atoms with Gasteiger partial charge in [-0.2, -0.15) is 0 Å². The Morgan fingerprint density at radius 2 is 2.15 bits per heavy atom. The van der Waals surface area contributed by atoms with Gasteiger partial charge < -0.3 is 14.9 Å². The minimum atomic E-state index is -0.708. The van der Waals surface area contributed by atoms with Gasteiger partial charge in [-0.3, -0.25) is 0 Å². The largest absolute Gasteiger partial charge is 0.369 e. The van der Waals surface area contributed by atoms with E-state index in [0.29, 0.717) is 12.1 Å². The molecule has 0 aliphatic heterocycles. The molecule has 1 unspecified atom stereocenters. The van der Waals surface area contributed by atoms with Crippen LogP contribution in [-0.2, 0) is 6.54 Å². The van der Waals surface area contributed by atoms with Gasteiger partial charge in [-0.25, -0.2) is 18.7 Å². The van der Waals surface area contributed by atoms with Crippen molar-refractivity contribution in [2.24, 2.45) is 0 Å². The molecule has 20 heavy (non-hydrogen) atoms. The third-order valence-electron chi connectivity index (χ3n) is 3.22. The number of fused-ring (bicyclic) bond motifs is 1. The van der Waals surface area contributed by atoms with E-state index < -0.39 is 11.6 Å². The van der Waals surface area contributed by atoms with Gasteiger partial charge in [0.25, 0.3) is 0 Å². The SMILES string of the molecule is CC(Cn1ccnc1)n1c(N)nc2c(F)cc(F)cc21. The molecule has 2 N–H and O–H groups in total. The zero-order chi connectivity index (χ0) is 14.3. The average molecular weight is 277 g/mol. The minimum Gasteiger partial charge on any atom is -0.369 e. The second-order valence-electron chi connectivity index (χ2n) is 4.70. The standard InChI is InChI=1S/C13H13F2N5/c1-8(6-19-3-2-17-7-19)20-11-5-9(14)4-10(15)12(11)18-13(20)16/h2-5,7-8H,6H2,1H3,(H2,16,18). The van der Waals surface area contributed by atoms with Gasteiger partial charge in [-0.05, 0) is 6.92 Å². The maximum Gasteiger partial charge on any atom is 0.201 e. The van der Waals surface area contributed by atoms with Gasteiger partial charge in [0.2, 0.25) is 5.95 Å². The van der Waals surface area contributed by atoms with Crippen LogP contribution in [0.4, 0.5) is 14.7 Å². The molecular formula is C13H13F2N5. The molecule has 0 amide bonds. The molecule has 0 saturated heterocycles. The highest BCUT2D eigenvalue weighted by Gasteiger charge is 2.18. The zero-order valence-corrected chi connectivity index (χ0v) is 10.8. The maximum atomic E-state index is 13.7. The summed E-state index contributed by atoms with van der Waals surface area (Å²) in [7, 11) is 0. The highest BCUT2D eigenvalue weighted by Crippen LogP contribution is 2.26. The van der Waals surface area contributed by atoms with Crippen molar-refractivity contribution in [1.82, 2.24) is 19.1 Å². The second-order valence-corrected chi connectivity index (χ2v) is 4.70. The van der Waals surface area contributed by atoms with Crippen molar-refractivity contribution in [3.05, 3.63) is 42.5 Å². The van der Waals surface area contributed by atoms with Crippen molar-refractivity contribution in [2.75, 3.05) is 5.73 Å². The smallest absolute Gasteiger partial charge is 0.201 e. The first-order chi connectivity index (χ1) is 9.56. The Balaban J connectivity index is 2.08. The lowest BCUT2D eigenvalue weighted by Gasteiger charge is -2.16. The molecule has 104 valence electrons. The number of aromatic nitrogens is 4. The Hall–Kier alpha value is -2.44. The molecule has 3 aromatic rings. The summed E-state index contributed by atoms with van der Waals surface area (Å²) in [6.45, 7) is 2.48. The summed E-state index contributed by atoms with van der Waals surface area (Å²) >= 11 is 0. The molecule has 0 bridgehead atoms. The van der Waals surface area contributed by atoms with Crippen LogP contribution in [0.15, 0.2) is 30.9 Å². The Morgan fingerprint density at radius 3 is 2.85 bits per heavy atom. The number of nitrogens with zero attached hydrogens (tertiary/aromatic N) is 4. The van der Waals surface area contributed by atoms with Crippen LogP contribution in [0.3, 0.4) is 0 Å². The van der Waals surface area contributed by atoms with Crippen LogP contribution in [0.25, 0.3) is 11.0 Å². The predicted molar refractivity (Wildman–Crippen MR) is 71.0 cm³/mol. The van der Waals surface area contributed by atoms with Crippen molar-refractivity contribution in [2.45, 2.75) is 19.5 Å². The van der Waals surface area contributed by atoms with E-state index in [4.69, 9.17) is 5.73 Å². The lowest BCUT2D eigenvalue weighted by atomic mass is 10.2. The van der Waals surface area contributed by atoms with E-state index in [9.17, 15) is 8.78 Å². The highest BCUT2D eigenvalue weighted by atomic mass is 19.1. The number of nitrogen functional groups attached to an aromatic ring is 1. The fourth-order valence-corrected chi connectivity index (χ4v) is 2.38. The fourth-order valence-electron chi connectivity index (χ4n) is 2.38. The van der Waals surface area contributed by atoms with Crippen molar-refractivity contribution >= 4 is 17.0 Å². The quantitative estimate of drug-likeness (QED) is 0.799. The van der Waals surface area contributed by atoms with E-state index in [1.54, 1.807) is 17.1 Å². The summed E-state index contributed by atoms with van der Waals surface area (Å²) in [6.07, 6.45) is 5.15. The monoisotopic (exact) mass is 277 g/mol. The second kappa shape index (κ2) is 4.59. The lowest BCUT2D eigenvalue weighted by molar-refractivity contribution is 0.478. The van der Waals surface area contributed by atoms with E-state index in [0.717, 1.165) is 6.07 Å². The highest BCUT2D eigenvalue weighted by molar-refractivity contribution is 5.79. The number of imidazole rings is 2. The summed E-state index contributed by atoms with van der Waals surface area (Å²) in [4.78, 5) is 7.93. The molecule has 0 aliphatic carbocycles. The van der Waals surface area contributed by atoms with Crippen LogP contribution in [0.5, 0.6) is 0 Å². The van der Waals surface area contributed by atoms with E-state index in [-0.39, 0.29) is 17.5 Å². The van der Waals surface area contributed by atoms with Gasteiger partial charge in [0.05, 0.1) is 17.9 Å². The topological polar surface area (TPSA) is 61.7 Å². The molecule has 5 nitrogen and oxygen atoms in total. The lowest BCUT2D eigenvalue weighted by Crippen LogP contribution is -2.14. The molecule has 0 fully saturated rings. The van der Waals surface area contributed by atoms with Crippen LogP contribution in [0.2, 0.25) is 0 Å². The van der Waals surface area contributed by atoms with Crippen LogP contribution in [0, 0.1) is 11.6 Å². The van der Waals surface area contributed by atoms with Crippen LogP contribution in [0.1, 0.15) is 13.0 Å². The van der Waals surface area contributed by atoms with Crippen molar-refractivity contribution in [1.29, 1.82) is 0 Å². The minimum absolute atomic E-state index is 0.0846. The molecule has 1 atom stereocenters. The molecule has 1 aromatic carbocycles. The summed E-state index contributed by atoms with van der Waals surface area (Å²) in [5, 5.41) is 0. The molecule has 0 spiro atoms. The molecule has 0 aliphatic rings. The van der Waals surface area contributed by atoms with E-state index in [1.165, 1.54) is 6.07 Å². The number of hydrogen-bond donors (Lipinski definition) is 1.